The predicted molar refractivity (Wildman–Crippen MR) is 114 cm³/mol. The average molecular weight is 376 g/mol. The number of carbonyl (C=O) groups is 1. The Morgan fingerprint density at radius 2 is 1.75 bits per heavy atom. The van der Waals surface area contributed by atoms with Crippen LogP contribution < -0.4 is 16.4 Å². The standard InChI is InChI=1S/C22H24N4O2/c1-22(2,3)28-21(27)26-20-12-10-17(14-24-20)25-19-13-16(9-11-18(19)23)15-7-5-4-6-8-15/h4-14,25H,23H2,1-3H3,(H,24,26,27). The Hall–Kier alpha value is -3.54. The normalized spacial score (nSPS) is 11.0. The predicted octanol–water partition coefficient (Wildman–Crippen LogP) is 5.42. The zero-order chi connectivity index (χ0) is 20.1. The van der Waals surface area contributed by atoms with Gasteiger partial charge >= 0.3 is 6.09 Å². The fourth-order valence-electron chi connectivity index (χ4n) is 2.58. The van der Waals surface area contributed by atoms with Crippen molar-refractivity contribution >= 4 is 29.0 Å². The molecule has 2 aromatic carbocycles. The van der Waals surface area contributed by atoms with Crippen molar-refractivity contribution in [2.75, 3.05) is 16.4 Å². The molecule has 6 heteroatoms. The van der Waals surface area contributed by atoms with E-state index in [9.17, 15) is 4.79 Å². The molecule has 0 atom stereocenters. The Morgan fingerprint density at radius 3 is 2.39 bits per heavy atom. The Balaban J connectivity index is 1.71. The largest absolute Gasteiger partial charge is 0.444 e. The number of carbonyl (C=O) groups excluding carboxylic acids is 1. The molecule has 0 bridgehead atoms. The summed E-state index contributed by atoms with van der Waals surface area (Å²) in [5.74, 6) is 0.408. The number of hydrogen-bond acceptors (Lipinski definition) is 5. The highest BCUT2D eigenvalue weighted by molar-refractivity contribution is 5.84. The number of rotatable bonds is 4. The molecule has 0 spiro atoms. The van der Waals surface area contributed by atoms with Crippen LogP contribution >= 0.6 is 0 Å². The van der Waals surface area contributed by atoms with Gasteiger partial charge in [0.05, 0.1) is 23.3 Å². The summed E-state index contributed by atoms with van der Waals surface area (Å²) in [7, 11) is 0. The number of nitrogen functional groups attached to an aromatic ring is 1. The van der Waals surface area contributed by atoms with E-state index >= 15 is 0 Å². The fourth-order valence-corrected chi connectivity index (χ4v) is 2.58. The van der Waals surface area contributed by atoms with E-state index in [2.05, 4.69) is 15.6 Å². The fraction of sp³-hybridized carbons (Fsp3) is 0.182. The van der Waals surface area contributed by atoms with Crippen LogP contribution in [0.2, 0.25) is 0 Å². The monoisotopic (exact) mass is 376 g/mol. The highest BCUT2D eigenvalue weighted by Crippen LogP contribution is 2.29. The van der Waals surface area contributed by atoms with Gasteiger partial charge in [-0.05, 0) is 56.2 Å². The first kappa shape index (κ1) is 19.2. The van der Waals surface area contributed by atoms with Crippen LogP contribution in [0.15, 0.2) is 66.9 Å². The quantitative estimate of drug-likeness (QED) is 0.529. The molecule has 0 unspecified atom stereocenters. The molecule has 1 heterocycles. The minimum absolute atomic E-state index is 0.408. The van der Waals surface area contributed by atoms with Gasteiger partial charge in [-0.15, -0.1) is 0 Å². The molecular weight excluding hydrogens is 352 g/mol. The van der Waals surface area contributed by atoms with Gasteiger partial charge in [0, 0.05) is 0 Å². The lowest BCUT2D eigenvalue weighted by molar-refractivity contribution is 0.0635. The second-order valence-corrected chi connectivity index (χ2v) is 7.35. The average Bonchev–Trinajstić information content (AvgIpc) is 2.64. The second kappa shape index (κ2) is 8.00. The third kappa shape index (κ3) is 5.23. The smallest absolute Gasteiger partial charge is 0.413 e. The molecule has 28 heavy (non-hydrogen) atoms. The SMILES string of the molecule is CC(C)(C)OC(=O)Nc1ccc(Nc2cc(-c3ccccc3)ccc2N)cn1. The lowest BCUT2D eigenvalue weighted by Crippen LogP contribution is -2.27. The first-order valence-corrected chi connectivity index (χ1v) is 8.98. The van der Waals surface area contributed by atoms with Crippen LogP contribution in [0.3, 0.4) is 0 Å². The summed E-state index contributed by atoms with van der Waals surface area (Å²) in [5.41, 5.74) is 9.90. The number of anilines is 4. The molecule has 1 amide bonds. The number of ether oxygens (including phenoxy) is 1. The number of hydrogen-bond donors (Lipinski definition) is 3. The molecule has 6 nitrogen and oxygen atoms in total. The van der Waals surface area contributed by atoms with Crippen molar-refractivity contribution in [2.45, 2.75) is 26.4 Å². The van der Waals surface area contributed by atoms with E-state index in [0.717, 1.165) is 22.5 Å². The Bertz CT molecular complexity index is 949. The molecule has 0 saturated carbocycles. The highest BCUT2D eigenvalue weighted by atomic mass is 16.6. The number of nitrogens with one attached hydrogen (secondary N) is 2. The number of nitrogens with two attached hydrogens (primary N) is 1. The van der Waals surface area contributed by atoms with Gasteiger partial charge in [0.25, 0.3) is 0 Å². The van der Waals surface area contributed by atoms with Crippen molar-refractivity contribution in [3.8, 4) is 11.1 Å². The first-order chi connectivity index (χ1) is 13.3. The van der Waals surface area contributed by atoms with Gasteiger partial charge in [-0.25, -0.2) is 9.78 Å². The zero-order valence-electron chi connectivity index (χ0n) is 16.2. The molecule has 0 aliphatic carbocycles. The second-order valence-electron chi connectivity index (χ2n) is 7.35. The van der Waals surface area contributed by atoms with Crippen LogP contribution in [-0.2, 0) is 4.74 Å². The topological polar surface area (TPSA) is 89.3 Å². The molecule has 1 aromatic heterocycles. The minimum atomic E-state index is -0.563. The van der Waals surface area contributed by atoms with Gasteiger partial charge in [-0.2, -0.15) is 0 Å². The van der Waals surface area contributed by atoms with Crippen LogP contribution in [0, 0.1) is 0 Å². The summed E-state index contributed by atoms with van der Waals surface area (Å²) in [6.45, 7) is 5.42. The van der Waals surface area contributed by atoms with E-state index < -0.39 is 11.7 Å². The molecule has 4 N–H and O–H groups in total. The number of amides is 1. The Morgan fingerprint density at radius 1 is 1.00 bits per heavy atom. The molecule has 0 aliphatic rings. The summed E-state index contributed by atoms with van der Waals surface area (Å²) in [5, 5.41) is 5.88. The number of nitrogens with zero attached hydrogens (tertiary/aromatic N) is 1. The van der Waals surface area contributed by atoms with Crippen molar-refractivity contribution in [3.63, 3.8) is 0 Å². The van der Waals surface area contributed by atoms with Crippen LogP contribution in [0.25, 0.3) is 11.1 Å². The minimum Gasteiger partial charge on any atom is -0.444 e. The summed E-state index contributed by atoms with van der Waals surface area (Å²) in [6.07, 6.45) is 1.09. The van der Waals surface area contributed by atoms with Crippen molar-refractivity contribution in [2.24, 2.45) is 0 Å². The summed E-state index contributed by atoms with van der Waals surface area (Å²) in [6, 6.07) is 19.5. The van der Waals surface area contributed by atoms with Crippen LogP contribution in [0.1, 0.15) is 20.8 Å². The van der Waals surface area contributed by atoms with Crippen molar-refractivity contribution in [1.29, 1.82) is 0 Å². The molecule has 144 valence electrons. The van der Waals surface area contributed by atoms with Crippen molar-refractivity contribution in [1.82, 2.24) is 4.98 Å². The van der Waals surface area contributed by atoms with E-state index in [4.69, 9.17) is 10.5 Å². The highest BCUT2D eigenvalue weighted by Gasteiger charge is 2.16. The lowest BCUT2D eigenvalue weighted by atomic mass is 10.0. The molecule has 3 rings (SSSR count). The van der Waals surface area contributed by atoms with Crippen molar-refractivity contribution < 1.29 is 9.53 Å². The van der Waals surface area contributed by atoms with Crippen LogP contribution in [0.5, 0.6) is 0 Å². The maximum atomic E-state index is 11.8. The molecule has 0 fully saturated rings. The Kier molecular flexibility index (Phi) is 5.49. The number of benzene rings is 2. The van der Waals surface area contributed by atoms with Crippen molar-refractivity contribution in [3.05, 3.63) is 66.9 Å². The van der Waals surface area contributed by atoms with Crippen LogP contribution in [-0.4, -0.2) is 16.7 Å². The molecule has 3 aromatic rings. The van der Waals surface area contributed by atoms with Gasteiger partial charge in [-0.3, -0.25) is 5.32 Å². The Labute approximate surface area is 164 Å². The maximum Gasteiger partial charge on any atom is 0.413 e. The number of pyridine rings is 1. The van der Waals surface area contributed by atoms with E-state index in [1.165, 1.54) is 0 Å². The van der Waals surface area contributed by atoms with Gasteiger partial charge in [-0.1, -0.05) is 36.4 Å². The van der Waals surface area contributed by atoms with E-state index in [1.54, 1.807) is 33.0 Å². The summed E-state index contributed by atoms with van der Waals surface area (Å²) < 4.78 is 5.22. The molecule has 0 aliphatic heterocycles. The summed E-state index contributed by atoms with van der Waals surface area (Å²) in [4.78, 5) is 16.1. The lowest BCUT2D eigenvalue weighted by Gasteiger charge is -2.19. The molecule has 0 radical (unpaired) electrons. The van der Waals surface area contributed by atoms with E-state index in [-0.39, 0.29) is 0 Å². The zero-order valence-corrected chi connectivity index (χ0v) is 16.2. The van der Waals surface area contributed by atoms with E-state index in [1.807, 2.05) is 54.6 Å². The molecular formula is C22H24N4O2. The summed E-state index contributed by atoms with van der Waals surface area (Å²) >= 11 is 0. The first-order valence-electron chi connectivity index (χ1n) is 8.98. The third-order valence-electron chi connectivity index (χ3n) is 3.83. The third-order valence-corrected chi connectivity index (χ3v) is 3.83. The van der Waals surface area contributed by atoms with Gasteiger partial charge < -0.3 is 15.8 Å². The maximum absolute atomic E-state index is 11.8. The van der Waals surface area contributed by atoms with Gasteiger partial charge in [0.15, 0.2) is 0 Å². The van der Waals surface area contributed by atoms with Gasteiger partial charge in [0.1, 0.15) is 11.4 Å². The van der Waals surface area contributed by atoms with E-state index in [0.29, 0.717) is 11.5 Å². The molecule has 0 saturated heterocycles. The van der Waals surface area contributed by atoms with Crippen LogP contribution in [0.4, 0.5) is 27.7 Å². The van der Waals surface area contributed by atoms with Gasteiger partial charge in [0.2, 0.25) is 0 Å². The number of aromatic nitrogens is 1.